The SMILES string of the molecule is C=CCc1ncc(-c2ccc(/C=C/CCCC(C)O)cc2)cn1. The number of nitrogens with zero attached hydrogens (tertiary/aromatic N) is 2. The molecule has 1 heterocycles. The van der Waals surface area contributed by atoms with Gasteiger partial charge in [0.1, 0.15) is 5.82 Å². The Morgan fingerprint density at radius 2 is 1.83 bits per heavy atom. The summed E-state index contributed by atoms with van der Waals surface area (Å²) in [5.41, 5.74) is 3.31. The van der Waals surface area contributed by atoms with Crippen LogP contribution >= 0.6 is 0 Å². The van der Waals surface area contributed by atoms with E-state index in [0.717, 1.165) is 36.2 Å². The van der Waals surface area contributed by atoms with Crippen molar-refractivity contribution in [3.05, 3.63) is 66.8 Å². The van der Waals surface area contributed by atoms with Crippen LogP contribution in [0.15, 0.2) is 55.4 Å². The van der Waals surface area contributed by atoms with E-state index in [9.17, 15) is 5.11 Å². The summed E-state index contributed by atoms with van der Waals surface area (Å²) in [6.45, 7) is 5.52. The molecule has 120 valence electrons. The standard InChI is InChI=1S/C20H24N2O/c1-3-7-20-21-14-19(15-22-20)18-12-10-17(11-13-18)9-6-4-5-8-16(2)23/h3,6,9-16,23H,1,4-5,7-8H2,2H3/b9-6+. The van der Waals surface area contributed by atoms with Gasteiger partial charge in [-0.2, -0.15) is 0 Å². The molecule has 0 fully saturated rings. The molecule has 1 aromatic heterocycles. The molecular formula is C20H24N2O. The second kappa shape index (κ2) is 9.01. The molecule has 0 amide bonds. The third-order valence-corrected chi connectivity index (χ3v) is 3.58. The predicted octanol–water partition coefficient (Wildman–Crippen LogP) is 4.44. The minimum Gasteiger partial charge on any atom is -0.393 e. The van der Waals surface area contributed by atoms with E-state index < -0.39 is 0 Å². The van der Waals surface area contributed by atoms with Gasteiger partial charge in [-0.15, -0.1) is 6.58 Å². The fourth-order valence-corrected chi connectivity index (χ4v) is 2.28. The van der Waals surface area contributed by atoms with Crippen LogP contribution in [0.4, 0.5) is 0 Å². The van der Waals surface area contributed by atoms with E-state index in [2.05, 4.69) is 53.0 Å². The molecule has 1 atom stereocenters. The van der Waals surface area contributed by atoms with Crippen LogP contribution in [0.25, 0.3) is 17.2 Å². The first kappa shape index (κ1) is 17.1. The number of benzene rings is 1. The van der Waals surface area contributed by atoms with Gasteiger partial charge in [-0.25, -0.2) is 9.97 Å². The molecule has 3 heteroatoms. The predicted molar refractivity (Wildman–Crippen MR) is 95.9 cm³/mol. The third kappa shape index (κ3) is 5.80. The fourth-order valence-electron chi connectivity index (χ4n) is 2.28. The highest BCUT2D eigenvalue weighted by molar-refractivity contribution is 5.64. The van der Waals surface area contributed by atoms with Crippen LogP contribution in [0.3, 0.4) is 0 Å². The van der Waals surface area contributed by atoms with Crippen LogP contribution in [0, 0.1) is 0 Å². The van der Waals surface area contributed by atoms with Gasteiger partial charge in [0, 0.05) is 24.4 Å². The summed E-state index contributed by atoms with van der Waals surface area (Å²) >= 11 is 0. The zero-order valence-electron chi connectivity index (χ0n) is 13.7. The summed E-state index contributed by atoms with van der Waals surface area (Å²) in [6.07, 6.45) is 13.1. The van der Waals surface area contributed by atoms with E-state index in [0.29, 0.717) is 6.42 Å². The summed E-state index contributed by atoms with van der Waals surface area (Å²) in [5.74, 6) is 0.792. The van der Waals surface area contributed by atoms with Gasteiger partial charge in [0.2, 0.25) is 0 Å². The molecule has 0 aliphatic carbocycles. The van der Waals surface area contributed by atoms with Gasteiger partial charge in [-0.05, 0) is 37.3 Å². The lowest BCUT2D eigenvalue weighted by Crippen LogP contribution is -1.97. The quantitative estimate of drug-likeness (QED) is 0.579. The second-order valence-electron chi connectivity index (χ2n) is 5.69. The van der Waals surface area contributed by atoms with Crippen LogP contribution in [0.5, 0.6) is 0 Å². The largest absolute Gasteiger partial charge is 0.393 e. The lowest BCUT2D eigenvalue weighted by molar-refractivity contribution is 0.182. The van der Waals surface area contributed by atoms with E-state index >= 15 is 0 Å². The molecule has 23 heavy (non-hydrogen) atoms. The lowest BCUT2D eigenvalue weighted by Gasteiger charge is -2.03. The Kier molecular flexibility index (Phi) is 6.70. The minimum absolute atomic E-state index is 0.206. The minimum atomic E-state index is -0.206. The number of hydrogen-bond donors (Lipinski definition) is 1. The Hall–Kier alpha value is -2.26. The summed E-state index contributed by atoms with van der Waals surface area (Å²) in [7, 11) is 0. The van der Waals surface area contributed by atoms with Gasteiger partial charge in [0.05, 0.1) is 6.10 Å². The highest BCUT2D eigenvalue weighted by atomic mass is 16.3. The molecule has 1 unspecified atom stereocenters. The van der Waals surface area contributed by atoms with Crippen molar-refractivity contribution in [2.45, 2.75) is 38.7 Å². The van der Waals surface area contributed by atoms with Gasteiger partial charge in [0.25, 0.3) is 0 Å². The molecule has 3 nitrogen and oxygen atoms in total. The highest BCUT2D eigenvalue weighted by Crippen LogP contribution is 2.19. The van der Waals surface area contributed by atoms with Gasteiger partial charge >= 0.3 is 0 Å². The van der Waals surface area contributed by atoms with Gasteiger partial charge in [-0.1, -0.05) is 42.5 Å². The first-order chi connectivity index (χ1) is 11.2. The van der Waals surface area contributed by atoms with Crippen LogP contribution in [-0.2, 0) is 6.42 Å². The number of hydrogen-bond acceptors (Lipinski definition) is 3. The molecule has 0 aliphatic heterocycles. The van der Waals surface area contributed by atoms with Gasteiger partial charge in [-0.3, -0.25) is 0 Å². The second-order valence-corrected chi connectivity index (χ2v) is 5.69. The number of rotatable bonds is 8. The molecule has 1 N–H and O–H groups in total. The van der Waals surface area contributed by atoms with E-state index in [1.807, 2.05) is 19.3 Å². The lowest BCUT2D eigenvalue weighted by atomic mass is 10.1. The van der Waals surface area contributed by atoms with E-state index in [4.69, 9.17) is 0 Å². The Labute approximate surface area is 138 Å². The van der Waals surface area contributed by atoms with Crippen LogP contribution < -0.4 is 0 Å². The molecule has 0 radical (unpaired) electrons. The number of allylic oxidation sites excluding steroid dienone is 2. The van der Waals surface area contributed by atoms with Crippen molar-refractivity contribution in [2.24, 2.45) is 0 Å². The topological polar surface area (TPSA) is 46.0 Å². The van der Waals surface area contributed by atoms with Crippen LogP contribution in [0.2, 0.25) is 0 Å². The van der Waals surface area contributed by atoms with Crippen molar-refractivity contribution < 1.29 is 5.11 Å². The highest BCUT2D eigenvalue weighted by Gasteiger charge is 2.00. The van der Waals surface area contributed by atoms with Crippen molar-refractivity contribution in [1.82, 2.24) is 9.97 Å². The van der Waals surface area contributed by atoms with Crippen molar-refractivity contribution in [2.75, 3.05) is 0 Å². The van der Waals surface area contributed by atoms with Crippen molar-refractivity contribution in [1.29, 1.82) is 0 Å². The first-order valence-electron chi connectivity index (χ1n) is 8.06. The Morgan fingerprint density at radius 1 is 1.13 bits per heavy atom. The molecule has 1 aromatic carbocycles. The molecule has 0 bridgehead atoms. The first-order valence-corrected chi connectivity index (χ1v) is 8.06. The zero-order valence-corrected chi connectivity index (χ0v) is 13.7. The summed E-state index contributed by atoms with van der Waals surface area (Å²) in [6, 6.07) is 8.36. The maximum Gasteiger partial charge on any atom is 0.131 e. The average Bonchev–Trinajstić information content (AvgIpc) is 2.56. The van der Waals surface area contributed by atoms with E-state index in [1.165, 1.54) is 5.56 Å². The monoisotopic (exact) mass is 308 g/mol. The van der Waals surface area contributed by atoms with Crippen molar-refractivity contribution in [3.63, 3.8) is 0 Å². The fraction of sp³-hybridized carbons (Fsp3) is 0.300. The summed E-state index contributed by atoms with van der Waals surface area (Å²) in [5, 5.41) is 9.22. The van der Waals surface area contributed by atoms with Gasteiger partial charge < -0.3 is 5.11 Å². The van der Waals surface area contributed by atoms with Gasteiger partial charge in [0.15, 0.2) is 0 Å². The smallest absolute Gasteiger partial charge is 0.131 e. The van der Waals surface area contributed by atoms with E-state index in [-0.39, 0.29) is 6.10 Å². The Morgan fingerprint density at radius 3 is 2.43 bits per heavy atom. The number of unbranched alkanes of at least 4 members (excludes halogenated alkanes) is 1. The zero-order chi connectivity index (χ0) is 16.5. The molecule has 0 aliphatic rings. The summed E-state index contributed by atoms with van der Waals surface area (Å²) < 4.78 is 0. The van der Waals surface area contributed by atoms with E-state index in [1.54, 1.807) is 6.08 Å². The normalized spacial score (nSPS) is 12.4. The number of aliphatic hydroxyl groups excluding tert-OH is 1. The summed E-state index contributed by atoms with van der Waals surface area (Å²) in [4.78, 5) is 8.67. The maximum atomic E-state index is 9.22. The molecule has 0 saturated carbocycles. The molecular weight excluding hydrogens is 284 g/mol. The maximum absolute atomic E-state index is 9.22. The number of aliphatic hydroxyl groups is 1. The Balaban J connectivity index is 1.93. The molecule has 2 aromatic rings. The average molecular weight is 308 g/mol. The number of aromatic nitrogens is 2. The van der Waals surface area contributed by atoms with Crippen LogP contribution in [-0.4, -0.2) is 21.2 Å². The Bertz CT molecular complexity index is 628. The molecule has 0 spiro atoms. The van der Waals surface area contributed by atoms with Crippen LogP contribution in [0.1, 0.15) is 37.6 Å². The molecule has 2 rings (SSSR count). The van der Waals surface area contributed by atoms with Crippen molar-refractivity contribution in [3.8, 4) is 11.1 Å². The third-order valence-electron chi connectivity index (χ3n) is 3.58. The van der Waals surface area contributed by atoms with Crippen molar-refractivity contribution >= 4 is 6.08 Å². The molecule has 0 saturated heterocycles.